The van der Waals surface area contributed by atoms with Crippen molar-refractivity contribution in [3.8, 4) is 0 Å². The maximum absolute atomic E-state index is 11.3. The second-order valence-electron chi connectivity index (χ2n) is 5.97. The molecule has 0 bridgehead atoms. The third kappa shape index (κ3) is 6.21. The second-order valence-corrected chi connectivity index (χ2v) is 5.97. The highest BCUT2D eigenvalue weighted by atomic mass is 16.1. The summed E-state index contributed by atoms with van der Waals surface area (Å²) in [4.78, 5) is 13.8. The van der Waals surface area contributed by atoms with Crippen molar-refractivity contribution in [2.24, 2.45) is 5.92 Å². The van der Waals surface area contributed by atoms with Gasteiger partial charge in [-0.3, -0.25) is 9.69 Å². The van der Waals surface area contributed by atoms with Crippen LogP contribution in [0.5, 0.6) is 0 Å². The average Bonchev–Trinajstić information content (AvgIpc) is 2.25. The topological polar surface area (TPSA) is 20.3 Å². The summed E-state index contributed by atoms with van der Waals surface area (Å²) in [5, 5.41) is 0. The molecule has 1 rings (SSSR count). The molecule has 1 aliphatic heterocycles. The first-order valence-corrected chi connectivity index (χ1v) is 7.35. The molecule has 1 fully saturated rings. The molecule has 0 N–H and O–H groups in total. The van der Waals surface area contributed by atoms with Gasteiger partial charge in [-0.05, 0) is 25.8 Å². The number of carbonyl (C=O) groups excluding carboxylic acids is 1. The zero-order valence-corrected chi connectivity index (χ0v) is 11.9. The summed E-state index contributed by atoms with van der Waals surface area (Å²) in [6, 6.07) is 0.479. The summed E-state index contributed by atoms with van der Waals surface area (Å²) in [5.41, 5.74) is 0. The zero-order valence-electron chi connectivity index (χ0n) is 11.9. The quantitative estimate of drug-likeness (QED) is 0.632. The molecule has 1 heterocycles. The lowest BCUT2D eigenvalue weighted by Crippen LogP contribution is -2.41. The zero-order chi connectivity index (χ0) is 12.7. The maximum Gasteiger partial charge on any atom is 0.135 e. The third-order valence-corrected chi connectivity index (χ3v) is 3.80. The Labute approximate surface area is 107 Å². The summed E-state index contributed by atoms with van der Waals surface area (Å²) in [6.45, 7) is 8.97. The van der Waals surface area contributed by atoms with Gasteiger partial charge in [0.05, 0.1) is 0 Å². The molecule has 1 saturated heterocycles. The number of nitrogens with zero attached hydrogens (tertiary/aromatic N) is 1. The number of ketones is 1. The van der Waals surface area contributed by atoms with Crippen molar-refractivity contribution >= 4 is 5.78 Å². The Morgan fingerprint density at radius 1 is 1.24 bits per heavy atom. The molecule has 0 spiro atoms. The van der Waals surface area contributed by atoms with Gasteiger partial charge < -0.3 is 0 Å². The van der Waals surface area contributed by atoms with Crippen LogP contribution in [-0.4, -0.2) is 29.8 Å². The van der Waals surface area contributed by atoms with Gasteiger partial charge in [-0.2, -0.15) is 0 Å². The van der Waals surface area contributed by atoms with Gasteiger partial charge in [0.1, 0.15) is 5.78 Å². The van der Waals surface area contributed by atoms with Gasteiger partial charge in [0, 0.05) is 25.4 Å². The van der Waals surface area contributed by atoms with Crippen molar-refractivity contribution in [1.29, 1.82) is 0 Å². The van der Waals surface area contributed by atoms with Gasteiger partial charge in [-0.15, -0.1) is 0 Å². The fourth-order valence-electron chi connectivity index (χ4n) is 2.60. The lowest BCUT2D eigenvalue weighted by molar-refractivity contribution is -0.122. The van der Waals surface area contributed by atoms with Gasteiger partial charge in [-0.25, -0.2) is 0 Å². The highest BCUT2D eigenvalue weighted by Crippen LogP contribution is 2.15. The van der Waals surface area contributed by atoms with E-state index in [1.54, 1.807) is 0 Å². The Morgan fingerprint density at radius 2 is 1.94 bits per heavy atom. The van der Waals surface area contributed by atoms with E-state index >= 15 is 0 Å². The lowest BCUT2D eigenvalue weighted by atomic mass is 10.0. The van der Waals surface area contributed by atoms with Gasteiger partial charge >= 0.3 is 0 Å². The van der Waals surface area contributed by atoms with Crippen LogP contribution >= 0.6 is 0 Å². The molecule has 1 aliphatic rings. The van der Waals surface area contributed by atoms with Crippen molar-refractivity contribution in [3.63, 3.8) is 0 Å². The number of unbranched alkanes of at least 4 members (excludes halogenated alkanes) is 3. The van der Waals surface area contributed by atoms with E-state index < -0.39 is 0 Å². The van der Waals surface area contributed by atoms with Crippen LogP contribution in [0.25, 0.3) is 0 Å². The molecule has 1 unspecified atom stereocenters. The first kappa shape index (κ1) is 14.7. The van der Waals surface area contributed by atoms with Crippen LogP contribution < -0.4 is 0 Å². The van der Waals surface area contributed by atoms with Crippen LogP contribution in [0.15, 0.2) is 0 Å². The minimum absolute atomic E-state index is 0.450. The SMILES string of the molecule is CC(C)CCCCCCN1CCC(=O)CC1C. The van der Waals surface area contributed by atoms with E-state index in [1.165, 1.54) is 38.6 Å². The minimum Gasteiger partial charge on any atom is -0.300 e. The fourth-order valence-corrected chi connectivity index (χ4v) is 2.60. The second kappa shape index (κ2) is 7.86. The Balaban J connectivity index is 2.01. The van der Waals surface area contributed by atoms with E-state index in [9.17, 15) is 4.79 Å². The number of rotatable bonds is 7. The largest absolute Gasteiger partial charge is 0.300 e. The molecule has 0 aromatic carbocycles. The van der Waals surface area contributed by atoms with E-state index in [-0.39, 0.29) is 0 Å². The molecule has 0 aromatic heterocycles. The molecule has 2 heteroatoms. The molecule has 0 radical (unpaired) electrons. The molecule has 1 atom stereocenters. The molecule has 17 heavy (non-hydrogen) atoms. The summed E-state index contributed by atoms with van der Waals surface area (Å²) in [5.74, 6) is 1.30. The van der Waals surface area contributed by atoms with E-state index in [2.05, 4.69) is 25.7 Å². The van der Waals surface area contributed by atoms with Gasteiger partial charge in [0.25, 0.3) is 0 Å². The average molecular weight is 239 g/mol. The Morgan fingerprint density at radius 3 is 2.59 bits per heavy atom. The minimum atomic E-state index is 0.450. The maximum atomic E-state index is 11.3. The van der Waals surface area contributed by atoms with E-state index in [0.717, 1.165) is 25.3 Å². The molecule has 100 valence electrons. The Kier molecular flexibility index (Phi) is 6.79. The van der Waals surface area contributed by atoms with Crippen LogP contribution in [0.2, 0.25) is 0 Å². The Hall–Kier alpha value is -0.370. The van der Waals surface area contributed by atoms with Crippen LogP contribution in [0.4, 0.5) is 0 Å². The van der Waals surface area contributed by atoms with E-state index in [1.807, 2.05) is 0 Å². The first-order chi connectivity index (χ1) is 8.09. The highest BCUT2D eigenvalue weighted by molar-refractivity contribution is 5.79. The number of hydrogen-bond donors (Lipinski definition) is 0. The molecule has 0 aliphatic carbocycles. The molecular weight excluding hydrogens is 210 g/mol. The van der Waals surface area contributed by atoms with Gasteiger partial charge in [-0.1, -0.05) is 39.5 Å². The predicted molar refractivity (Wildman–Crippen MR) is 73.2 cm³/mol. The van der Waals surface area contributed by atoms with E-state index in [4.69, 9.17) is 0 Å². The lowest BCUT2D eigenvalue weighted by Gasteiger charge is -2.32. The molecule has 0 amide bonds. The monoisotopic (exact) mass is 239 g/mol. The summed E-state index contributed by atoms with van der Waals surface area (Å²) < 4.78 is 0. The molecular formula is C15H29NO. The fraction of sp³-hybridized carbons (Fsp3) is 0.933. The number of likely N-dealkylation sites (tertiary alicyclic amines) is 1. The third-order valence-electron chi connectivity index (χ3n) is 3.80. The van der Waals surface area contributed by atoms with Crippen molar-refractivity contribution in [1.82, 2.24) is 4.90 Å². The van der Waals surface area contributed by atoms with Crippen LogP contribution in [0.1, 0.15) is 65.7 Å². The van der Waals surface area contributed by atoms with E-state index in [0.29, 0.717) is 11.8 Å². The van der Waals surface area contributed by atoms with Crippen molar-refractivity contribution in [3.05, 3.63) is 0 Å². The highest BCUT2D eigenvalue weighted by Gasteiger charge is 2.22. The summed E-state index contributed by atoms with van der Waals surface area (Å²) >= 11 is 0. The van der Waals surface area contributed by atoms with Crippen LogP contribution in [0, 0.1) is 5.92 Å². The van der Waals surface area contributed by atoms with Gasteiger partial charge in [0.2, 0.25) is 0 Å². The molecule has 2 nitrogen and oxygen atoms in total. The van der Waals surface area contributed by atoms with Crippen molar-refractivity contribution < 1.29 is 4.79 Å². The van der Waals surface area contributed by atoms with Gasteiger partial charge in [0.15, 0.2) is 0 Å². The number of piperidine rings is 1. The smallest absolute Gasteiger partial charge is 0.135 e. The molecule has 0 aromatic rings. The normalized spacial score (nSPS) is 22.4. The number of Topliss-reactive ketones (excluding diaryl/α,β-unsaturated/α-hetero) is 1. The van der Waals surface area contributed by atoms with Crippen molar-refractivity contribution in [2.75, 3.05) is 13.1 Å². The van der Waals surface area contributed by atoms with Crippen LogP contribution in [-0.2, 0) is 4.79 Å². The predicted octanol–water partition coefficient (Wildman–Crippen LogP) is 3.65. The molecule has 0 saturated carbocycles. The summed E-state index contributed by atoms with van der Waals surface area (Å²) in [6.07, 6.45) is 8.32. The standard InChI is InChI=1S/C15H29NO/c1-13(2)8-6-4-5-7-10-16-11-9-15(17)12-14(16)3/h13-14H,4-12H2,1-3H3. The summed E-state index contributed by atoms with van der Waals surface area (Å²) in [7, 11) is 0. The van der Waals surface area contributed by atoms with Crippen molar-refractivity contribution in [2.45, 2.75) is 71.8 Å². The van der Waals surface area contributed by atoms with Crippen LogP contribution in [0.3, 0.4) is 0 Å². The first-order valence-electron chi connectivity index (χ1n) is 7.35. The number of hydrogen-bond acceptors (Lipinski definition) is 2. The Bertz CT molecular complexity index is 225. The number of carbonyl (C=O) groups is 1.